The van der Waals surface area contributed by atoms with Crippen LogP contribution in [0.25, 0.3) is 0 Å². The highest BCUT2D eigenvalue weighted by Gasteiger charge is 2.18. The van der Waals surface area contributed by atoms with Crippen LogP contribution in [0.1, 0.15) is 36.3 Å². The number of hydrogen-bond acceptors (Lipinski definition) is 2. The van der Waals surface area contributed by atoms with Gasteiger partial charge in [-0.2, -0.15) is 0 Å². The number of nitrogens with zero attached hydrogens (tertiary/aromatic N) is 1. The van der Waals surface area contributed by atoms with Gasteiger partial charge in [0.05, 0.1) is 0 Å². The SMILES string of the molecule is CN1CCC(NCC[C@@H](c2ccc(F)cc2)c2ccc(Cl)cc2)CC1. The van der Waals surface area contributed by atoms with E-state index in [2.05, 4.69) is 29.4 Å². The Morgan fingerprint density at radius 2 is 1.60 bits per heavy atom. The van der Waals surface area contributed by atoms with Crippen molar-refractivity contribution in [1.82, 2.24) is 10.2 Å². The second-order valence-electron chi connectivity index (χ2n) is 6.98. The summed E-state index contributed by atoms with van der Waals surface area (Å²) in [5.41, 5.74) is 2.37. The zero-order valence-electron chi connectivity index (χ0n) is 14.7. The molecule has 0 aliphatic carbocycles. The van der Waals surface area contributed by atoms with Crippen LogP contribution >= 0.6 is 11.6 Å². The van der Waals surface area contributed by atoms with Gasteiger partial charge in [-0.05, 0) is 81.3 Å². The lowest BCUT2D eigenvalue weighted by molar-refractivity contribution is 0.234. The van der Waals surface area contributed by atoms with Gasteiger partial charge in [0, 0.05) is 17.0 Å². The number of benzene rings is 2. The van der Waals surface area contributed by atoms with Gasteiger partial charge in [0.25, 0.3) is 0 Å². The molecule has 25 heavy (non-hydrogen) atoms. The van der Waals surface area contributed by atoms with Crippen LogP contribution in [0, 0.1) is 5.82 Å². The first-order valence-corrected chi connectivity index (χ1v) is 9.42. The smallest absolute Gasteiger partial charge is 0.123 e. The van der Waals surface area contributed by atoms with Gasteiger partial charge in [0.2, 0.25) is 0 Å². The maximum atomic E-state index is 13.3. The third-order valence-electron chi connectivity index (χ3n) is 5.13. The third kappa shape index (κ3) is 5.27. The number of nitrogens with one attached hydrogen (secondary N) is 1. The molecule has 3 rings (SSSR count). The summed E-state index contributed by atoms with van der Waals surface area (Å²) < 4.78 is 13.3. The van der Waals surface area contributed by atoms with Gasteiger partial charge in [-0.3, -0.25) is 0 Å². The maximum absolute atomic E-state index is 13.3. The van der Waals surface area contributed by atoms with E-state index in [0.717, 1.165) is 36.6 Å². The monoisotopic (exact) mass is 360 g/mol. The molecule has 1 N–H and O–H groups in total. The number of likely N-dealkylation sites (tertiary alicyclic amines) is 1. The van der Waals surface area contributed by atoms with E-state index in [0.29, 0.717) is 6.04 Å². The lowest BCUT2D eigenvalue weighted by Gasteiger charge is -2.30. The highest BCUT2D eigenvalue weighted by molar-refractivity contribution is 6.30. The molecule has 1 aliphatic rings. The van der Waals surface area contributed by atoms with Crippen LogP contribution in [-0.4, -0.2) is 37.6 Å². The van der Waals surface area contributed by atoms with E-state index in [-0.39, 0.29) is 11.7 Å². The summed E-state index contributed by atoms with van der Waals surface area (Å²) in [7, 11) is 2.18. The minimum absolute atomic E-state index is 0.192. The average Bonchev–Trinajstić information content (AvgIpc) is 2.62. The Hall–Kier alpha value is -1.42. The second kappa shape index (κ2) is 8.79. The molecule has 0 aromatic heterocycles. The van der Waals surface area contributed by atoms with E-state index >= 15 is 0 Å². The van der Waals surface area contributed by atoms with E-state index < -0.39 is 0 Å². The van der Waals surface area contributed by atoms with Crippen LogP contribution in [-0.2, 0) is 0 Å². The Labute approximate surface area is 155 Å². The molecule has 1 fully saturated rings. The van der Waals surface area contributed by atoms with Crippen LogP contribution in [0.4, 0.5) is 4.39 Å². The van der Waals surface area contributed by atoms with E-state index in [4.69, 9.17) is 11.6 Å². The molecule has 1 heterocycles. The van der Waals surface area contributed by atoms with E-state index in [9.17, 15) is 4.39 Å². The molecule has 2 nitrogen and oxygen atoms in total. The van der Waals surface area contributed by atoms with Crippen molar-refractivity contribution >= 4 is 11.6 Å². The summed E-state index contributed by atoms with van der Waals surface area (Å²) in [6.45, 7) is 3.28. The molecule has 0 amide bonds. The molecule has 0 unspecified atom stereocenters. The van der Waals surface area contributed by atoms with Crippen molar-refractivity contribution in [1.29, 1.82) is 0 Å². The highest BCUT2D eigenvalue weighted by atomic mass is 35.5. The summed E-state index contributed by atoms with van der Waals surface area (Å²) in [6.07, 6.45) is 3.40. The van der Waals surface area contributed by atoms with Crippen LogP contribution < -0.4 is 5.32 Å². The second-order valence-corrected chi connectivity index (χ2v) is 7.41. The van der Waals surface area contributed by atoms with E-state index in [1.807, 2.05) is 24.3 Å². The topological polar surface area (TPSA) is 15.3 Å². The minimum atomic E-state index is -0.192. The number of rotatable bonds is 6. The number of halogens is 2. The molecule has 0 bridgehead atoms. The lowest BCUT2D eigenvalue weighted by Crippen LogP contribution is -2.41. The van der Waals surface area contributed by atoms with Gasteiger partial charge < -0.3 is 10.2 Å². The molecule has 1 saturated heterocycles. The normalized spacial score (nSPS) is 17.6. The van der Waals surface area contributed by atoms with Crippen molar-refractivity contribution in [2.75, 3.05) is 26.7 Å². The Morgan fingerprint density at radius 1 is 1.04 bits per heavy atom. The minimum Gasteiger partial charge on any atom is -0.314 e. The van der Waals surface area contributed by atoms with Gasteiger partial charge in [-0.1, -0.05) is 35.9 Å². The van der Waals surface area contributed by atoms with Gasteiger partial charge in [-0.15, -0.1) is 0 Å². The van der Waals surface area contributed by atoms with Crippen molar-refractivity contribution in [3.63, 3.8) is 0 Å². The van der Waals surface area contributed by atoms with Crippen molar-refractivity contribution in [2.45, 2.75) is 31.2 Å². The van der Waals surface area contributed by atoms with Gasteiger partial charge in [-0.25, -0.2) is 4.39 Å². The first-order chi connectivity index (χ1) is 12.1. The molecule has 0 radical (unpaired) electrons. The van der Waals surface area contributed by atoms with E-state index in [1.165, 1.54) is 18.4 Å². The van der Waals surface area contributed by atoms with Crippen LogP contribution in [0.15, 0.2) is 48.5 Å². The fourth-order valence-corrected chi connectivity index (χ4v) is 3.69. The van der Waals surface area contributed by atoms with Crippen LogP contribution in [0.2, 0.25) is 5.02 Å². The Kier molecular flexibility index (Phi) is 6.46. The molecular weight excluding hydrogens is 335 g/mol. The Bertz CT molecular complexity index is 603. The molecular formula is C21H26ClFN2. The van der Waals surface area contributed by atoms with Crippen molar-refractivity contribution in [2.24, 2.45) is 0 Å². The summed E-state index contributed by atoms with van der Waals surface area (Å²) >= 11 is 6.03. The van der Waals surface area contributed by atoms with Crippen molar-refractivity contribution in [3.05, 3.63) is 70.5 Å². The average molecular weight is 361 g/mol. The van der Waals surface area contributed by atoms with Gasteiger partial charge in [0.15, 0.2) is 0 Å². The van der Waals surface area contributed by atoms with Crippen molar-refractivity contribution in [3.8, 4) is 0 Å². The molecule has 4 heteroatoms. The fraction of sp³-hybridized carbons (Fsp3) is 0.429. The quantitative estimate of drug-likeness (QED) is 0.804. The largest absolute Gasteiger partial charge is 0.314 e. The molecule has 2 aromatic carbocycles. The van der Waals surface area contributed by atoms with E-state index in [1.54, 1.807) is 12.1 Å². The summed E-state index contributed by atoms with van der Waals surface area (Å²) in [6, 6.07) is 15.5. The highest BCUT2D eigenvalue weighted by Crippen LogP contribution is 2.29. The Morgan fingerprint density at radius 3 is 2.20 bits per heavy atom. The van der Waals surface area contributed by atoms with Gasteiger partial charge >= 0.3 is 0 Å². The first-order valence-electron chi connectivity index (χ1n) is 9.04. The molecule has 2 aromatic rings. The zero-order valence-corrected chi connectivity index (χ0v) is 15.5. The standard InChI is InChI=1S/C21H26ClFN2/c1-25-14-11-20(12-15-25)24-13-10-21(16-2-6-18(22)7-3-16)17-4-8-19(23)9-5-17/h2-9,20-21,24H,10-15H2,1H3/t21-/m1/s1. The van der Waals surface area contributed by atoms with Crippen molar-refractivity contribution < 1.29 is 4.39 Å². The zero-order chi connectivity index (χ0) is 17.6. The summed E-state index contributed by atoms with van der Waals surface area (Å²) in [5.74, 6) is 0.0553. The molecule has 134 valence electrons. The summed E-state index contributed by atoms with van der Waals surface area (Å²) in [5, 5.41) is 4.45. The molecule has 1 atom stereocenters. The molecule has 1 aliphatic heterocycles. The number of piperidine rings is 1. The predicted octanol–water partition coefficient (Wildman–Crippen LogP) is 4.68. The van der Waals surface area contributed by atoms with Crippen LogP contribution in [0.5, 0.6) is 0 Å². The molecule has 0 saturated carbocycles. The summed E-state index contributed by atoms with van der Waals surface area (Å²) in [4.78, 5) is 2.38. The van der Waals surface area contributed by atoms with Crippen LogP contribution in [0.3, 0.4) is 0 Å². The first kappa shape index (κ1) is 18.4. The third-order valence-corrected chi connectivity index (χ3v) is 5.38. The Balaban J connectivity index is 1.66. The predicted molar refractivity (Wildman–Crippen MR) is 103 cm³/mol. The maximum Gasteiger partial charge on any atom is 0.123 e. The molecule has 0 spiro atoms. The lowest BCUT2D eigenvalue weighted by atomic mass is 9.88. The number of hydrogen-bond donors (Lipinski definition) is 1. The van der Waals surface area contributed by atoms with Gasteiger partial charge in [0.1, 0.15) is 5.82 Å². The fourth-order valence-electron chi connectivity index (χ4n) is 3.56.